The Morgan fingerprint density at radius 1 is 1.10 bits per heavy atom. The lowest BCUT2D eigenvalue weighted by molar-refractivity contribution is -0.0498. The number of alkyl halides is 2. The molecule has 0 aliphatic heterocycles. The van der Waals surface area contributed by atoms with E-state index >= 15 is 0 Å². The minimum Gasteiger partial charge on any atom is -0.435 e. The van der Waals surface area contributed by atoms with Crippen LogP contribution < -0.4 is 10.1 Å². The molecule has 1 atom stereocenters. The summed E-state index contributed by atoms with van der Waals surface area (Å²) in [4.78, 5) is 0. The van der Waals surface area contributed by atoms with E-state index in [1.54, 1.807) is 30.3 Å². The zero-order valence-electron chi connectivity index (χ0n) is 11.5. The van der Waals surface area contributed by atoms with Gasteiger partial charge in [0.2, 0.25) is 0 Å². The number of halogens is 3. The largest absolute Gasteiger partial charge is 0.435 e. The molecule has 0 fully saturated rings. The lowest BCUT2D eigenvalue weighted by Gasteiger charge is -2.16. The fraction of sp³-hybridized carbons (Fsp3) is 0.250. The smallest absolute Gasteiger partial charge is 0.387 e. The molecule has 112 valence electrons. The Morgan fingerprint density at radius 3 is 2.57 bits per heavy atom. The van der Waals surface area contributed by atoms with E-state index in [2.05, 4.69) is 10.1 Å². The van der Waals surface area contributed by atoms with Crippen LogP contribution in [0.15, 0.2) is 48.5 Å². The Bertz CT molecular complexity index is 589. The highest BCUT2D eigenvalue weighted by Gasteiger charge is 2.09. The molecule has 0 bridgehead atoms. The van der Waals surface area contributed by atoms with Gasteiger partial charge in [0, 0.05) is 17.8 Å². The second kappa shape index (κ2) is 7.02. The summed E-state index contributed by atoms with van der Waals surface area (Å²) in [7, 11) is 0. The molecule has 2 aromatic carbocycles. The van der Waals surface area contributed by atoms with Crippen LogP contribution >= 0.6 is 0 Å². The summed E-state index contributed by atoms with van der Waals surface area (Å²) in [6.45, 7) is -0.955. The third kappa shape index (κ3) is 4.70. The van der Waals surface area contributed by atoms with Crippen LogP contribution in [0.1, 0.15) is 12.5 Å². The summed E-state index contributed by atoms with van der Waals surface area (Å²) in [5.41, 5.74) is 1.26. The minimum absolute atomic E-state index is 0.0521. The third-order valence-electron chi connectivity index (χ3n) is 2.96. The van der Waals surface area contributed by atoms with E-state index in [0.29, 0.717) is 17.7 Å². The van der Waals surface area contributed by atoms with Gasteiger partial charge in [-0.3, -0.25) is 0 Å². The van der Waals surface area contributed by atoms with Crippen LogP contribution in [0.3, 0.4) is 0 Å². The predicted octanol–water partition coefficient (Wildman–Crippen LogP) is 4.47. The average Bonchev–Trinajstić information content (AvgIpc) is 2.41. The maximum Gasteiger partial charge on any atom is 0.387 e. The van der Waals surface area contributed by atoms with Gasteiger partial charge in [-0.25, -0.2) is 4.39 Å². The zero-order chi connectivity index (χ0) is 15.2. The molecule has 0 saturated carbocycles. The van der Waals surface area contributed by atoms with E-state index in [-0.39, 0.29) is 17.6 Å². The van der Waals surface area contributed by atoms with Crippen molar-refractivity contribution < 1.29 is 17.9 Å². The summed E-state index contributed by atoms with van der Waals surface area (Å²) in [5, 5.41) is 3.14. The minimum atomic E-state index is -2.85. The highest BCUT2D eigenvalue weighted by Crippen LogP contribution is 2.20. The molecule has 0 amide bonds. The number of nitrogens with one attached hydrogen (secondary N) is 1. The van der Waals surface area contributed by atoms with Gasteiger partial charge in [0.1, 0.15) is 11.6 Å². The SMILES string of the molecule is CC(Cc1ccccc1F)Nc1cccc(OC(F)F)c1. The van der Waals surface area contributed by atoms with E-state index in [4.69, 9.17) is 0 Å². The first-order valence-electron chi connectivity index (χ1n) is 6.59. The maximum atomic E-state index is 13.6. The second-order valence-corrected chi connectivity index (χ2v) is 4.75. The molecule has 0 spiro atoms. The molecule has 2 aromatic rings. The third-order valence-corrected chi connectivity index (χ3v) is 2.96. The summed E-state index contributed by atoms with van der Waals surface area (Å²) in [6.07, 6.45) is 0.493. The first-order valence-corrected chi connectivity index (χ1v) is 6.59. The monoisotopic (exact) mass is 295 g/mol. The van der Waals surface area contributed by atoms with Crippen molar-refractivity contribution in [3.63, 3.8) is 0 Å². The van der Waals surface area contributed by atoms with Gasteiger partial charge in [-0.1, -0.05) is 24.3 Å². The van der Waals surface area contributed by atoms with Gasteiger partial charge < -0.3 is 10.1 Å². The van der Waals surface area contributed by atoms with E-state index < -0.39 is 6.61 Å². The van der Waals surface area contributed by atoms with Crippen molar-refractivity contribution in [2.24, 2.45) is 0 Å². The van der Waals surface area contributed by atoms with Gasteiger partial charge >= 0.3 is 6.61 Å². The fourth-order valence-electron chi connectivity index (χ4n) is 2.09. The quantitative estimate of drug-likeness (QED) is 0.849. The van der Waals surface area contributed by atoms with Gasteiger partial charge in [-0.15, -0.1) is 0 Å². The van der Waals surface area contributed by atoms with Crippen LogP contribution in [0.4, 0.5) is 18.9 Å². The van der Waals surface area contributed by atoms with Crippen molar-refractivity contribution in [3.05, 3.63) is 59.9 Å². The number of rotatable bonds is 6. The van der Waals surface area contributed by atoms with Crippen LogP contribution in [0.5, 0.6) is 5.75 Å². The van der Waals surface area contributed by atoms with Crippen LogP contribution in [0.2, 0.25) is 0 Å². The molecule has 5 heteroatoms. The molecule has 0 aromatic heterocycles. The van der Waals surface area contributed by atoms with Crippen molar-refractivity contribution in [3.8, 4) is 5.75 Å². The summed E-state index contributed by atoms with van der Waals surface area (Å²) < 4.78 is 42.2. The van der Waals surface area contributed by atoms with Crippen molar-refractivity contribution in [2.75, 3.05) is 5.32 Å². The molecule has 0 saturated heterocycles. The summed E-state index contributed by atoms with van der Waals surface area (Å²) in [6, 6.07) is 12.8. The fourth-order valence-corrected chi connectivity index (χ4v) is 2.09. The summed E-state index contributed by atoms with van der Waals surface area (Å²) in [5.74, 6) is -0.158. The number of anilines is 1. The van der Waals surface area contributed by atoms with Gasteiger partial charge in [-0.2, -0.15) is 8.78 Å². The maximum absolute atomic E-state index is 13.6. The average molecular weight is 295 g/mol. The Labute approximate surface area is 121 Å². The van der Waals surface area contributed by atoms with Crippen molar-refractivity contribution >= 4 is 5.69 Å². The Hall–Kier alpha value is -2.17. The number of ether oxygens (including phenoxy) is 1. The lowest BCUT2D eigenvalue weighted by Crippen LogP contribution is -2.18. The Balaban J connectivity index is 1.99. The molecule has 2 nitrogen and oxygen atoms in total. The van der Waals surface area contributed by atoms with E-state index in [1.165, 1.54) is 18.2 Å². The van der Waals surface area contributed by atoms with Gasteiger partial charge in [0.05, 0.1) is 0 Å². The van der Waals surface area contributed by atoms with E-state index in [1.807, 2.05) is 6.92 Å². The van der Waals surface area contributed by atoms with Gasteiger partial charge in [-0.05, 0) is 37.1 Å². The molecule has 0 aliphatic carbocycles. The van der Waals surface area contributed by atoms with Crippen LogP contribution in [-0.4, -0.2) is 12.7 Å². The zero-order valence-corrected chi connectivity index (χ0v) is 11.5. The van der Waals surface area contributed by atoms with Crippen molar-refractivity contribution in [1.82, 2.24) is 0 Å². The van der Waals surface area contributed by atoms with E-state index in [9.17, 15) is 13.2 Å². The number of hydrogen-bond acceptors (Lipinski definition) is 2. The first kappa shape index (κ1) is 15.2. The molecular formula is C16H16F3NO. The van der Waals surface area contributed by atoms with Crippen molar-refractivity contribution in [2.45, 2.75) is 26.0 Å². The van der Waals surface area contributed by atoms with Crippen LogP contribution in [-0.2, 0) is 6.42 Å². The molecular weight excluding hydrogens is 279 g/mol. The second-order valence-electron chi connectivity index (χ2n) is 4.75. The number of hydrogen-bond donors (Lipinski definition) is 1. The van der Waals surface area contributed by atoms with Gasteiger partial charge in [0.25, 0.3) is 0 Å². The van der Waals surface area contributed by atoms with Gasteiger partial charge in [0.15, 0.2) is 0 Å². The predicted molar refractivity (Wildman–Crippen MR) is 76.3 cm³/mol. The van der Waals surface area contributed by atoms with Crippen LogP contribution in [0.25, 0.3) is 0 Å². The first-order chi connectivity index (χ1) is 10.0. The molecule has 2 rings (SSSR count). The highest BCUT2D eigenvalue weighted by molar-refractivity contribution is 5.49. The van der Waals surface area contributed by atoms with Crippen molar-refractivity contribution in [1.29, 1.82) is 0 Å². The molecule has 1 N–H and O–H groups in total. The molecule has 1 unspecified atom stereocenters. The molecule has 21 heavy (non-hydrogen) atoms. The molecule has 0 radical (unpaired) electrons. The Morgan fingerprint density at radius 2 is 1.86 bits per heavy atom. The molecule has 0 heterocycles. The van der Waals surface area contributed by atoms with Crippen LogP contribution in [0, 0.1) is 5.82 Å². The number of benzene rings is 2. The summed E-state index contributed by atoms with van der Waals surface area (Å²) >= 11 is 0. The highest BCUT2D eigenvalue weighted by atomic mass is 19.3. The Kier molecular flexibility index (Phi) is 5.09. The topological polar surface area (TPSA) is 21.3 Å². The standard InChI is InChI=1S/C16H16F3NO/c1-11(9-12-5-2-3-8-15(12)17)20-13-6-4-7-14(10-13)21-16(18)19/h2-8,10-11,16,20H,9H2,1H3. The molecule has 0 aliphatic rings. The van der Waals surface area contributed by atoms with E-state index in [0.717, 1.165) is 0 Å². The normalized spacial score (nSPS) is 12.2. The lowest BCUT2D eigenvalue weighted by atomic mass is 10.1.